The molecule has 1 aliphatic heterocycles. The van der Waals surface area contributed by atoms with Gasteiger partial charge in [0.2, 0.25) is 5.91 Å². The number of carbonyl (C=O) groups excluding carboxylic acids is 1. The molecule has 3 rings (SSSR count). The molecular formula is C14H14F3N3OS. The van der Waals surface area contributed by atoms with Gasteiger partial charge in [0.1, 0.15) is 12.6 Å². The van der Waals surface area contributed by atoms with Gasteiger partial charge in [-0.25, -0.2) is 4.98 Å². The summed E-state index contributed by atoms with van der Waals surface area (Å²) in [7, 11) is 0. The first-order chi connectivity index (χ1) is 10.4. The maximum absolute atomic E-state index is 12.2. The van der Waals surface area contributed by atoms with E-state index < -0.39 is 24.7 Å². The lowest BCUT2D eigenvalue weighted by molar-refractivity contribution is -0.139. The maximum atomic E-state index is 12.2. The van der Waals surface area contributed by atoms with Crippen molar-refractivity contribution >= 4 is 32.6 Å². The molecule has 1 saturated heterocycles. The van der Waals surface area contributed by atoms with Crippen molar-refractivity contribution in [2.75, 3.05) is 18.0 Å². The number of benzene rings is 1. The normalized spacial score (nSPS) is 18.9. The van der Waals surface area contributed by atoms with Crippen LogP contribution < -0.4 is 10.2 Å². The van der Waals surface area contributed by atoms with E-state index in [1.807, 2.05) is 29.6 Å². The first-order valence-electron chi connectivity index (χ1n) is 6.91. The van der Waals surface area contributed by atoms with E-state index >= 15 is 0 Å². The van der Waals surface area contributed by atoms with Crippen LogP contribution >= 0.6 is 11.3 Å². The highest BCUT2D eigenvalue weighted by atomic mass is 32.1. The quantitative estimate of drug-likeness (QED) is 0.942. The fourth-order valence-corrected chi connectivity index (χ4v) is 3.60. The number of halogens is 3. The van der Waals surface area contributed by atoms with Crippen LogP contribution in [0.15, 0.2) is 24.3 Å². The fraction of sp³-hybridized carbons (Fsp3) is 0.429. The Kier molecular flexibility index (Phi) is 3.94. The van der Waals surface area contributed by atoms with Crippen molar-refractivity contribution in [3.8, 4) is 0 Å². The molecule has 0 saturated carbocycles. The van der Waals surface area contributed by atoms with E-state index in [2.05, 4.69) is 4.98 Å². The largest absolute Gasteiger partial charge is 0.405 e. The predicted octanol–water partition coefficient (Wildman–Crippen LogP) is 2.94. The zero-order chi connectivity index (χ0) is 15.7. The fourth-order valence-electron chi connectivity index (χ4n) is 2.56. The number of fused-ring (bicyclic) bond motifs is 1. The molecule has 1 aromatic carbocycles. The predicted molar refractivity (Wildman–Crippen MR) is 79.1 cm³/mol. The molecule has 1 atom stereocenters. The number of carbonyl (C=O) groups is 1. The molecule has 4 nitrogen and oxygen atoms in total. The number of nitrogens with zero attached hydrogens (tertiary/aromatic N) is 2. The second kappa shape index (κ2) is 5.75. The van der Waals surface area contributed by atoms with Gasteiger partial charge in [0, 0.05) is 6.54 Å². The molecule has 118 valence electrons. The summed E-state index contributed by atoms with van der Waals surface area (Å²) in [5.74, 6) is -0.589. The lowest BCUT2D eigenvalue weighted by Crippen LogP contribution is -2.46. The molecule has 0 bridgehead atoms. The number of alkyl halides is 3. The molecule has 2 aromatic rings. The van der Waals surface area contributed by atoms with Gasteiger partial charge in [-0.15, -0.1) is 0 Å². The Balaban J connectivity index is 1.76. The van der Waals surface area contributed by atoms with Crippen LogP contribution in [0.2, 0.25) is 0 Å². The van der Waals surface area contributed by atoms with Gasteiger partial charge in [-0.05, 0) is 25.0 Å². The number of amides is 1. The first kappa shape index (κ1) is 15.1. The van der Waals surface area contributed by atoms with E-state index in [4.69, 9.17) is 0 Å². The third-order valence-electron chi connectivity index (χ3n) is 3.55. The number of hydrogen-bond acceptors (Lipinski definition) is 4. The summed E-state index contributed by atoms with van der Waals surface area (Å²) in [5, 5.41) is 2.66. The maximum Gasteiger partial charge on any atom is 0.405 e. The van der Waals surface area contributed by atoms with E-state index in [0.717, 1.165) is 16.6 Å². The van der Waals surface area contributed by atoms with E-state index in [1.54, 1.807) is 4.90 Å². The Hall–Kier alpha value is -1.83. The molecule has 1 N–H and O–H groups in total. The number of anilines is 1. The Labute approximate surface area is 128 Å². The standard InChI is InChI=1S/C14H14F3N3OS/c15-14(16,17)8-18-12(21)10-5-3-7-20(10)13-19-9-4-1-2-6-11(9)22-13/h1-2,4,6,10H,3,5,7-8H2,(H,18,21). The summed E-state index contributed by atoms with van der Waals surface area (Å²) < 4.78 is 37.7. The molecule has 22 heavy (non-hydrogen) atoms. The van der Waals surface area contributed by atoms with E-state index in [0.29, 0.717) is 18.1 Å². The van der Waals surface area contributed by atoms with Crippen LogP contribution in [0.5, 0.6) is 0 Å². The minimum atomic E-state index is -4.39. The van der Waals surface area contributed by atoms with Crippen LogP contribution in [0.1, 0.15) is 12.8 Å². The van der Waals surface area contributed by atoms with Crippen molar-refractivity contribution in [2.24, 2.45) is 0 Å². The average molecular weight is 329 g/mol. The Morgan fingerprint density at radius 3 is 2.91 bits per heavy atom. The van der Waals surface area contributed by atoms with Gasteiger partial charge in [-0.2, -0.15) is 13.2 Å². The minimum absolute atomic E-state index is 0.541. The molecule has 2 heterocycles. The summed E-state index contributed by atoms with van der Waals surface area (Å²) in [4.78, 5) is 18.3. The monoisotopic (exact) mass is 329 g/mol. The highest BCUT2D eigenvalue weighted by Crippen LogP contribution is 2.33. The van der Waals surface area contributed by atoms with Crippen molar-refractivity contribution in [3.63, 3.8) is 0 Å². The van der Waals surface area contributed by atoms with Gasteiger partial charge in [0.25, 0.3) is 0 Å². The summed E-state index contributed by atoms with van der Waals surface area (Å²) in [6.45, 7) is -0.667. The van der Waals surface area contributed by atoms with Gasteiger partial charge in [0.15, 0.2) is 5.13 Å². The molecular weight excluding hydrogens is 315 g/mol. The average Bonchev–Trinajstić information content (AvgIpc) is 3.09. The van der Waals surface area contributed by atoms with Gasteiger partial charge >= 0.3 is 6.18 Å². The summed E-state index contributed by atoms with van der Waals surface area (Å²) in [6.07, 6.45) is -3.09. The third kappa shape index (κ3) is 3.16. The summed E-state index contributed by atoms with van der Waals surface area (Å²) in [6, 6.07) is 7.02. The molecule has 1 fully saturated rings. The molecule has 1 amide bonds. The zero-order valence-corrected chi connectivity index (χ0v) is 12.4. The Bertz CT molecular complexity index is 652. The van der Waals surface area contributed by atoms with Crippen LogP contribution in [-0.2, 0) is 4.79 Å². The lowest BCUT2D eigenvalue weighted by Gasteiger charge is -2.23. The topological polar surface area (TPSA) is 45.2 Å². The number of nitrogens with one attached hydrogen (secondary N) is 1. The second-order valence-electron chi connectivity index (χ2n) is 5.15. The zero-order valence-electron chi connectivity index (χ0n) is 11.6. The van der Waals surface area contributed by atoms with E-state index in [1.165, 1.54) is 11.3 Å². The summed E-state index contributed by atoms with van der Waals surface area (Å²) >= 11 is 1.45. The van der Waals surface area contributed by atoms with Crippen LogP contribution in [0.4, 0.5) is 18.3 Å². The second-order valence-corrected chi connectivity index (χ2v) is 6.16. The highest BCUT2D eigenvalue weighted by Gasteiger charge is 2.35. The van der Waals surface area contributed by atoms with Gasteiger partial charge in [0.05, 0.1) is 10.2 Å². The number of para-hydroxylation sites is 1. The van der Waals surface area contributed by atoms with Crippen molar-refractivity contribution in [1.29, 1.82) is 0 Å². The molecule has 0 spiro atoms. The van der Waals surface area contributed by atoms with Crippen LogP contribution in [-0.4, -0.2) is 36.2 Å². The van der Waals surface area contributed by atoms with Crippen molar-refractivity contribution in [2.45, 2.75) is 25.1 Å². The van der Waals surface area contributed by atoms with Crippen LogP contribution in [0.3, 0.4) is 0 Å². The van der Waals surface area contributed by atoms with E-state index in [-0.39, 0.29) is 0 Å². The number of aromatic nitrogens is 1. The lowest BCUT2D eigenvalue weighted by atomic mass is 10.2. The minimum Gasteiger partial charge on any atom is -0.345 e. The third-order valence-corrected chi connectivity index (χ3v) is 4.62. The SMILES string of the molecule is O=C(NCC(F)(F)F)C1CCCN1c1nc2ccccc2s1. The Morgan fingerprint density at radius 2 is 2.18 bits per heavy atom. The van der Waals surface area contributed by atoms with Gasteiger partial charge in [-0.3, -0.25) is 4.79 Å². The van der Waals surface area contributed by atoms with Crippen LogP contribution in [0.25, 0.3) is 10.2 Å². The number of rotatable bonds is 3. The summed E-state index contributed by atoms with van der Waals surface area (Å²) in [5.41, 5.74) is 0.837. The Morgan fingerprint density at radius 1 is 1.41 bits per heavy atom. The molecule has 1 aliphatic rings. The highest BCUT2D eigenvalue weighted by molar-refractivity contribution is 7.22. The number of thiazole rings is 1. The molecule has 1 unspecified atom stereocenters. The van der Waals surface area contributed by atoms with Crippen molar-refractivity contribution < 1.29 is 18.0 Å². The molecule has 0 aliphatic carbocycles. The molecule has 8 heteroatoms. The number of hydrogen-bond donors (Lipinski definition) is 1. The van der Waals surface area contributed by atoms with Crippen molar-refractivity contribution in [3.05, 3.63) is 24.3 Å². The van der Waals surface area contributed by atoms with Gasteiger partial charge in [-0.1, -0.05) is 23.5 Å². The smallest absolute Gasteiger partial charge is 0.345 e. The molecule has 1 aromatic heterocycles. The van der Waals surface area contributed by atoms with Crippen LogP contribution in [0, 0.1) is 0 Å². The first-order valence-corrected chi connectivity index (χ1v) is 7.72. The van der Waals surface area contributed by atoms with E-state index in [9.17, 15) is 18.0 Å². The van der Waals surface area contributed by atoms with Crippen molar-refractivity contribution in [1.82, 2.24) is 10.3 Å². The molecule has 0 radical (unpaired) electrons. The van der Waals surface area contributed by atoms with Gasteiger partial charge < -0.3 is 10.2 Å².